The quantitative estimate of drug-likeness (QED) is 0.529. The number of alkyl halides is 3. The molecular formula is C10H18F3N3O. The van der Waals surface area contributed by atoms with Gasteiger partial charge in [0.15, 0.2) is 0 Å². The Kier molecular flexibility index (Phi) is 4.76. The Hall–Kier alpha value is -0.820. The molecule has 0 amide bonds. The molecule has 1 rings (SSSR count). The molecule has 1 unspecified atom stereocenters. The summed E-state index contributed by atoms with van der Waals surface area (Å²) in [5.41, 5.74) is 5.03. The zero-order valence-corrected chi connectivity index (χ0v) is 9.76. The second-order valence-electron chi connectivity index (χ2n) is 4.27. The molecule has 17 heavy (non-hydrogen) atoms. The molecule has 1 aliphatic carbocycles. The summed E-state index contributed by atoms with van der Waals surface area (Å²) >= 11 is 0. The maximum atomic E-state index is 12.7. The number of nitrogens with two attached hydrogens (primary N) is 1. The van der Waals surface area contributed by atoms with Gasteiger partial charge in [-0.05, 0) is 12.8 Å². The molecule has 1 fully saturated rings. The lowest BCUT2D eigenvalue weighted by Crippen LogP contribution is -2.45. The van der Waals surface area contributed by atoms with Crippen molar-refractivity contribution in [1.82, 2.24) is 4.90 Å². The van der Waals surface area contributed by atoms with Crippen LogP contribution in [0.5, 0.6) is 0 Å². The number of hydrogen-bond donors (Lipinski definition) is 2. The lowest BCUT2D eigenvalue weighted by Gasteiger charge is -2.27. The molecule has 0 aliphatic heterocycles. The Balaban J connectivity index is 2.59. The summed E-state index contributed by atoms with van der Waals surface area (Å²) in [6.07, 6.45) is -2.63. The van der Waals surface area contributed by atoms with E-state index in [1.807, 2.05) is 0 Å². The smallest absolute Gasteiger partial charge is 0.387 e. The van der Waals surface area contributed by atoms with Gasteiger partial charge in [-0.15, -0.1) is 0 Å². The first-order valence-corrected chi connectivity index (χ1v) is 5.50. The van der Waals surface area contributed by atoms with Crippen LogP contribution in [0.3, 0.4) is 0 Å². The summed E-state index contributed by atoms with van der Waals surface area (Å²) in [5, 5.41) is 7.04. The second kappa shape index (κ2) is 5.68. The number of nitrogens with zero attached hydrogens (tertiary/aromatic N) is 1. The van der Waals surface area contributed by atoms with Crippen molar-refractivity contribution in [2.24, 2.45) is 11.7 Å². The first-order chi connectivity index (χ1) is 7.86. The maximum absolute atomic E-state index is 12.7. The van der Waals surface area contributed by atoms with Gasteiger partial charge in [0.05, 0.1) is 6.61 Å². The standard InChI is InChI=1S/C10H18F3N3O/c1-17-5-4-16(7-2-3-7)6-8(9(14)15)10(11,12)13/h7-8H,2-6H2,1H3,(H3,14,15). The van der Waals surface area contributed by atoms with Gasteiger partial charge in [-0.1, -0.05) is 0 Å². The van der Waals surface area contributed by atoms with E-state index in [2.05, 4.69) is 0 Å². The van der Waals surface area contributed by atoms with E-state index in [0.29, 0.717) is 13.2 Å². The van der Waals surface area contributed by atoms with Crippen molar-refractivity contribution in [2.75, 3.05) is 26.8 Å². The van der Waals surface area contributed by atoms with Crippen LogP contribution >= 0.6 is 0 Å². The van der Waals surface area contributed by atoms with E-state index in [-0.39, 0.29) is 12.6 Å². The molecule has 0 aromatic heterocycles. The third-order valence-electron chi connectivity index (χ3n) is 2.83. The number of amidine groups is 1. The molecule has 7 heteroatoms. The minimum Gasteiger partial charge on any atom is -0.387 e. The van der Waals surface area contributed by atoms with E-state index in [0.717, 1.165) is 12.8 Å². The highest BCUT2D eigenvalue weighted by Crippen LogP contribution is 2.32. The molecule has 0 aromatic rings. The van der Waals surface area contributed by atoms with Gasteiger partial charge in [-0.3, -0.25) is 10.3 Å². The van der Waals surface area contributed by atoms with Gasteiger partial charge in [-0.25, -0.2) is 0 Å². The van der Waals surface area contributed by atoms with Crippen LogP contribution in [0.2, 0.25) is 0 Å². The van der Waals surface area contributed by atoms with Gasteiger partial charge in [0.25, 0.3) is 0 Å². The van der Waals surface area contributed by atoms with E-state index < -0.39 is 17.9 Å². The van der Waals surface area contributed by atoms with E-state index in [9.17, 15) is 13.2 Å². The second-order valence-corrected chi connectivity index (χ2v) is 4.27. The number of nitrogens with one attached hydrogen (secondary N) is 1. The Morgan fingerprint density at radius 2 is 2.12 bits per heavy atom. The van der Waals surface area contributed by atoms with Crippen molar-refractivity contribution < 1.29 is 17.9 Å². The first-order valence-electron chi connectivity index (χ1n) is 5.50. The lowest BCUT2D eigenvalue weighted by molar-refractivity contribution is -0.160. The van der Waals surface area contributed by atoms with E-state index in [1.165, 1.54) is 7.11 Å². The summed E-state index contributed by atoms with van der Waals surface area (Å²) < 4.78 is 42.8. The monoisotopic (exact) mass is 253 g/mol. The maximum Gasteiger partial charge on any atom is 0.399 e. The largest absolute Gasteiger partial charge is 0.399 e. The fraction of sp³-hybridized carbons (Fsp3) is 0.900. The molecule has 0 aromatic carbocycles. The molecule has 3 N–H and O–H groups in total. The summed E-state index contributed by atoms with van der Waals surface area (Å²) in [6, 6.07) is 0.189. The number of ether oxygens (including phenoxy) is 1. The molecule has 0 saturated heterocycles. The fourth-order valence-electron chi connectivity index (χ4n) is 1.68. The van der Waals surface area contributed by atoms with Crippen LogP contribution < -0.4 is 5.73 Å². The predicted molar refractivity (Wildman–Crippen MR) is 57.9 cm³/mol. The summed E-state index contributed by atoms with van der Waals surface area (Å²) in [5.74, 6) is -2.69. The van der Waals surface area contributed by atoms with E-state index >= 15 is 0 Å². The Bertz CT molecular complexity index is 266. The van der Waals surface area contributed by atoms with Crippen LogP contribution in [0, 0.1) is 11.3 Å². The zero-order valence-electron chi connectivity index (χ0n) is 9.76. The molecule has 0 spiro atoms. The minimum absolute atomic E-state index is 0.189. The average Bonchev–Trinajstić information content (AvgIpc) is 2.99. The number of hydrogen-bond acceptors (Lipinski definition) is 3. The van der Waals surface area contributed by atoms with Crippen LogP contribution in [0.15, 0.2) is 0 Å². The number of methoxy groups -OCH3 is 1. The van der Waals surface area contributed by atoms with Crippen molar-refractivity contribution in [2.45, 2.75) is 25.1 Å². The van der Waals surface area contributed by atoms with Gasteiger partial charge in [0, 0.05) is 26.2 Å². The van der Waals surface area contributed by atoms with Gasteiger partial charge in [-0.2, -0.15) is 13.2 Å². The molecular weight excluding hydrogens is 235 g/mol. The van der Waals surface area contributed by atoms with Crippen LogP contribution in [0.4, 0.5) is 13.2 Å². The summed E-state index contributed by atoms with van der Waals surface area (Å²) in [7, 11) is 1.51. The van der Waals surface area contributed by atoms with Crippen LogP contribution in [0.25, 0.3) is 0 Å². The molecule has 0 bridgehead atoms. The highest BCUT2D eigenvalue weighted by atomic mass is 19.4. The predicted octanol–water partition coefficient (Wildman–Crippen LogP) is 1.21. The van der Waals surface area contributed by atoms with E-state index in [4.69, 9.17) is 15.9 Å². The Morgan fingerprint density at radius 1 is 1.53 bits per heavy atom. The van der Waals surface area contributed by atoms with Crippen molar-refractivity contribution in [3.8, 4) is 0 Å². The van der Waals surface area contributed by atoms with Crippen LogP contribution in [0.1, 0.15) is 12.8 Å². The molecule has 1 saturated carbocycles. The van der Waals surface area contributed by atoms with Crippen molar-refractivity contribution in [3.05, 3.63) is 0 Å². The summed E-state index contributed by atoms with van der Waals surface area (Å²) in [6.45, 7) is 0.590. The van der Waals surface area contributed by atoms with Crippen molar-refractivity contribution >= 4 is 5.84 Å². The normalized spacial score (nSPS) is 18.4. The third kappa shape index (κ3) is 4.51. The molecule has 1 aliphatic rings. The first kappa shape index (κ1) is 14.2. The Labute approximate surface area is 98.4 Å². The van der Waals surface area contributed by atoms with Crippen LogP contribution in [-0.4, -0.2) is 49.8 Å². The van der Waals surface area contributed by atoms with Gasteiger partial charge < -0.3 is 10.5 Å². The molecule has 0 heterocycles. The van der Waals surface area contributed by atoms with Crippen LogP contribution in [-0.2, 0) is 4.74 Å². The van der Waals surface area contributed by atoms with Gasteiger partial charge >= 0.3 is 6.18 Å². The highest BCUT2D eigenvalue weighted by Gasteiger charge is 2.44. The average molecular weight is 253 g/mol. The molecule has 100 valence electrons. The topological polar surface area (TPSA) is 62.3 Å². The molecule has 4 nitrogen and oxygen atoms in total. The van der Waals surface area contributed by atoms with Gasteiger partial charge in [0.1, 0.15) is 11.8 Å². The SMILES string of the molecule is COCCN(CC(C(=N)N)C(F)(F)F)C1CC1. The third-order valence-corrected chi connectivity index (χ3v) is 2.83. The van der Waals surface area contributed by atoms with Gasteiger partial charge in [0.2, 0.25) is 0 Å². The number of halogens is 3. The Morgan fingerprint density at radius 3 is 2.47 bits per heavy atom. The molecule has 1 atom stereocenters. The lowest BCUT2D eigenvalue weighted by atomic mass is 10.1. The fourth-order valence-corrected chi connectivity index (χ4v) is 1.68. The summed E-state index contributed by atoms with van der Waals surface area (Å²) in [4.78, 5) is 1.71. The van der Waals surface area contributed by atoms with Crippen molar-refractivity contribution in [3.63, 3.8) is 0 Å². The van der Waals surface area contributed by atoms with E-state index in [1.54, 1.807) is 4.90 Å². The van der Waals surface area contributed by atoms with Crippen molar-refractivity contribution in [1.29, 1.82) is 5.41 Å². The minimum atomic E-state index is -4.45. The molecule has 0 radical (unpaired) electrons. The highest BCUT2D eigenvalue weighted by molar-refractivity contribution is 5.80. The zero-order chi connectivity index (χ0) is 13.1. The number of rotatable bonds is 7.